The summed E-state index contributed by atoms with van der Waals surface area (Å²) in [5.74, 6) is -3.44. The molecule has 0 saturated carbocycles. The van der Waals surface area contributed by atoms with Crippen molar-refractivity contribution in [1.29, 1.82) is 0 Å². The summed E-state index contributed by atoms with van der Waals surface area (Å²) in [6.45, 7) is 4.16. The predicted molar refractivity (Wildman–Crippen MR) is 106 cm³/mol. The smallest absolute Gasteiger partial charge is 0.305 e. The minimum atomic E-state index is -1.43. The zero-order chi connectivity index (χ0) is 23.8. The summed E-state index contributed by atoms with van der Waals surface area (Å²) in [7, 11) is 0. The van der Waals surface area contributed by atoms with E-state index in [-0.39, 0.29) is 12.2 Å². The van der Waals surface area contributed by atoms with Crippen molar-refractivity contribution in [3.63, 3.8) is 0 Å². The van der Waals surface area contributed by atoms with Crippen molar-refractivity contribution in [2.24, 2.45) is 0 Å². The number of ether oxygens (including phenoxy) is 5. The third-order valence-corrected chi connectivity index (χ3v) is 4.32. The number of nitrogens with one attached hydrogen (secondary N) is 1. The number of hydrogen-bond donors (Lipinski definition) is 1. The van der Waals surface area contributed by atoms with E-state index in [0.29, 0.717) is 0 Å². The maximum atomic E-state index is 12.8. The van der Waals surface area contributed by atoms with E-state index in [1.807, 2.05) is 0 Å². The topological polar surface area (TPSA) is 144 Å². The Labute approximate surface area is 184 Å². The standard InChI is InChI=1S/C21H25NO10/c1-11(23)28-10-16-18(29-12(2)24)19(30-13(3)25)17(21(32-16)31-14(4)26)22-20(27)15-8-6-5-7-9-15/h5-9,16-19,21H,10H2,1-4H3,(H,22,27)/t16-,17+,18-,19-,21+/m1/s1. The fourth-order valence-electron chi connectivity index (χ4n) is 3.14. The van der Waals surface area contributed by atoms with Crippen molar-refractivity contribution < 1.29 is 47.7 Å². The molecule has 0 spiro atoms. The highest BCUT2D eigenvalue weighted by atomic mass is 16.7. The second kappa shape index (κ2) is 11.2. The maximum absolute atomic E-state index is 12.8. The Morgan fingerprint density at radius 2 is 1.38 bits per heavy atom. The second-order valence-electron chi connectivity index (χ2n) is 6.97. The summed E-state index contributed by atoms with van der Waals surface area (Å²) in [6, 6.07) is 6.88. The van der Waals surface area contributed by atoms with Crippen LogP contribution in [0.5, 0.6) is 0 Å². The molecule has 1 amide bonds. The number of hydrogen-bond acceptors (Lipinski definition) is 10. The van der Waals surface area contributed by atoms with Crippen molar-refractivity contribution >= 4 is 29.8 Å². The van der Waals surface area contributed by atoms with Crippen LogP contribution in [0.15, 0.2) is 30.3 Å². The zero-order valence-electron chi connectivity index (χ0n) is 18.1. The number of benzene rings is 1. The highest BCUT2D eigenvalue weighted by Crippen LogP contribution is 2.28. The molecule has 1 aliphatic heterocycles. The van der Waals surface area contributed by atoms with Crippen molar-refractivity contribution in [3.8, 4) is 0 Å². The molecule has 2 rings (SSSR count). The van der Waals surface area contributed by atoms with E-state index in [9.17, 15) is 24.0 Å². The average Bonchev–Trinajstić information content (AvgIpc) is 2.70. The Balaban J connectivity index is 2.44. The summed E-state index contributed by atoms with van der Waals surface area (Å²) >= 11 is 0. The van der Waals surface area contributed by atoms with Gasteiger partial charge in [0.05, 0.1) is 0 Å². The lowest BCUT2D eigenvalue weighted by Gasteiger charge is -2.44. The van der Waals surface area contributed by atoms with Crippen molar-refractivity contribution in [2.75, 3.05) is 6.61 Å². The second-order valence-corrected chi connectivity index (χ2v) is 6.97. The van der Waals surface area contributed by atoms with Gasteiger partial charge in [0.1, 0.15) is 18.8 Å². The normalized spacial score (nSPS) is 24.6. The van der Waals surface area contributed by atoms with Gasteiger partial charge in [0.25, 0.3) is 5.91 Å². The summed E-state index contributed by atoms with van der Waals surface area (Å²) in [4.78, 5) is 59.3. The van der Waals surface area contributed by atoms with E-state index in [2.05, 4.69) is 5.32 Å². The minimum Gasteiger partial charge on any atom is -0.463 e. The summed E-state index contributed by atoms with van der Waals surface area (Å²) in [6.07, 6.45) is -5.18. The van der Waals surface area contributed by atoms with Crippen LogP contribution in [0, 0.1) is 0 Å². The largest absolute Gasteiger partial charge is 0.463 e. The fourth-order valence-corrected chi connectivity index (χ4v) is 3.14. The van der Waals surface area contributed by atoms with Gasteiger partial charge in [-0.1, -0.05) is 18.2 Å². The van der Waals surface area contributed by atoms with E-state index >= 15 is 0 Å². The highest BCUT2D eigenvalue weighted by Gasteiger charge is 2.52. The van der Waals surface area contributed by atoms with E-state index in [1.54, 1.807) is 30.3 Å². The molecule has 0 aromatic heterocycles. The van der Waals surface area contributed by atoms with Crippen molar-refractivity contribution in [1.82, 2.24) is 5.32 Å². The molecule has 5 atom stereocenters. The molecule has 0 radical (unpaired) electrons. The van der Waals surface area contributed by atoms with Crippen LogP contribution in [0.4, 0.5) is 0 Å². The first-order valence-electron chi connectivity index (χ1n) is 9.75. The molecule has 1 N–H and O–H groups in total. The first-order chi connectivity index (χ1) is 15.1. The first-order valence-corrected chi connectivity index (χ1v) is 9.75. The van der Waals surface area contributed by atoms with E-state index in [0.717, 1.165) is 20.8 Å². The lowest BCUT2D eigenvalue weighted by molar-refractivity contribution is -0.270. The molecule has 1 heterocycles. The maximum Gasteiger partial charge on any atom is 0.305 e. The van der Waals surface area contributed by atoms with Gasteiger partial charge in [-0.25, -0.2) is 0 Å². The van der Waals surface area contributed by atoms with Gasteiger partial charge in [0.2, 0.25) is 6.29 Å². The van der Waals surface area contributed by atoms with Gasteiger partial charge < -0.3 is 29.0 Å². The van der Waals surface area contributed by atoms with Gasteiger partial charge in [-0.05, 0) is 12.1 Å². The minimum absolute atomic E-state index is 0.279. The molecule has 32 heavy (non-hydrogen) atoms. The van der Waals surface area contributed by atoms with Gasteiger partial charge in [0, 0.05) is 33.3 Å². The van der Waals surface area contributed by atoms with E-state index in [4.69, 9.17) is 23.7 Å². The first kappa shape index (κ1) is 24.8. The lowest BCUT2D eigenvalue weighted by Crippen LogP contribution is -2.67. The Bertz CT molecular complexity index is 855. The van der Waals surface area contributed by atoms with Crippen molar-refractivity contribution in [3.05, 3.63) is 35.9 Å². The number of carbonyl (C=O) groups excluding carboxylic acids is 5. The van der Waals surface area contributed by atoms with Gasteiger partial charge in [-0.15, -0.1) is 0 Å². The van der Waals surface area contributed by atoms with Crippen LogP contribution >= 0.6 is 0 Å². The Kier molecular flexibility index (Phi) is 8.71. The molecule has 0 aliphatic carbocycles. The van der Waals surface area contributed by atoms with Crippen LogP contribution in [0.1, 0.15) is 38.1 Å². The molecule has 1 aromatic rings. The average molecular weight is 451 g/mol. The molecule has 174 valence electrons. The molecule has 1 saturated heterocycles. The van der Waals surface area contributed by atoms with Crippen LogP contribution in [0.25, 0.3) is 0 Å². The molecule has 1 aliphatic rings. The SMILES string of the molecule is CC(=O)OC[C@H]1O[C@H](OC(C)=O)[C@@H](NC(=O)c2ccccc2)[C@@H](OC(C)=O)[C@@H]1OC(C)=O. The summed E-state index contributed by atoms with van der Waals surface area (Å²) < 4.78 is 26.5. The molecule has 0 bridgehead atoms. The fraction of sp³-hybridized carbons (Fsp3) is 0.476. The van der Waals surface area contributed by atoms with Crippen LogP contribution < -0.4 is 5.32 Å². The van der Waals surface area contributed by atoms with Gasteiger partial charge in [-0.3, -0.25) is 24.0 Å². The summed E-state index contributed by atoms with van der Waals surface area (Å²) in [5, 5.41) is 2.62. The van der Waals surface area contributed by atoms with Crippen LogP contribution in [0.2, 0.25) is 0 Å². The van der Waals surface area contributed by atoms with Gasteiger partial charge in [-0.2, -0.15) is 0 Å². The lowest BCUT2D eigenvalue weighted by atomic mass is 9.95. The molecule has 1 aromatic carbocycles. The van der Waals surface area contributed by atoms with Gasteiger partial charge in [0.15, 0.2) is 12.2 Å². The molecule has 0 unspecified atom stereocenters. The zero-order valence-corrected chi connectivity index (χ0v) is 18.1. The molecule has 11 nitrogen and oxygen atoms in total. The third kappa shape index (κ3) is 7.05. The quantitative estimate of drug-likeness (QED) is 0.460. The molecular weight excluding hydrogens is 426 g/mol. The Hall–Kier alpha value is -3.47. The summed E-state index contributed by atoms with van der Waals surface area (Å²) in [5.41, 5.74) is 0.279. The number of amides is 1. The van der Waals surface area contributed by atoms with Crippen molar-refractivity contribution in [2.45, 2.75) is 58.3 Å². The number of rotatable bonds is 7. The van der Waals surface area contributed by atoms with Gasteiger partial charge >= 0.3 is 23.9 Å². The molecule has 11 heteroatoms. The Morgan fingerprint density at radius 3 is 1.91 bits per heavy atom. The van der Waals surface area contributed by atoms with Crippen LogP contribution in [0.3, 0.4) is 0 Å². The molecular formula is C21H25NO10. The van der Waals surface area contributed by atoms with E-state index < -0.39 is 60.4 Å². The number of carbonyl (C=O) groups is 5. The Morgan fingerprint density at radius 1 is 0.812 bits per heavy atom. The number of esters is 4. The van der Waals surface area contributed by atoms with E-state index in [1.165, 1.54) is 6.92 Å². The predicted octanol–water partition coefficient (Wildman–Crippen LogP) is 0.500. The van der Waals surface area contributed by atoms with Crippen LogP contribution in [-0.2, 0) is 42.9 Å². The monoisotopic (exact) mass is 451 g/mol. The molecule has 1 fully saturated rings. The highest BCUT2D eigenvalue weighted by molar-refractivity contribution is 5.94. The third-order valence-electron chi connectivity index (χ3n) is 4.32. The van der Waals surface area contributed by atoms with Crippen LogP contribution in [-0.4, -0.2) is 67.0 Å².